The number of carbonyl (C=O) groups excluding carboxylic acids is 1. The predicted octanol–water partition coefficient (Wildman–Crippen LogP) is 2.15. The van der Waals surface area contributed by atoms with E-state index in [4.69, 9.17) is 5.84 Å². The van der Waals surface area contributed by atoms with Gasteiger partial charge in [0.05, 0.1) is 16.8 Å². The Morgan fingerprint density at radius 3 is 2.71 bits per heavy atom. The quantitative estimate of drug-likeness (QED) is 0.245. The number of nitrogens with zero attached hydrogens (tertiary/aromatic N) is 2. The van der Waals surface area contributed by atoms with Gasteiger partial charge >= 0.3 is 0 Å². The van der Waals surface area contributed by atoms with Gasteiger partial charge in [-0.2, -0.15) is 0 Å². The van der Waals surface area contributed by atoms with Crippen LogP contribution in [0.4, 0.5) is 0 Å². The number of hydrogen-bond donors (Lipinski definition) is 2. The highest BCUT2D eigenvalue weighted by Crippen LogP contribution is 2.29. The van der Waals surface area contributed by atoms with Crippen molar-refractivity contribution in [3.05, 3.63) is 51.1 Å². The van der Waals surface area contributed by atoms with Crippen molar-refractivity contribution in [2.24, 2.45) is 5.84 Å². The second-order valence-corrected chi connectivity index (χ2v) is 7.34. The van der Waals surface area contributed by atoms with Crippen LogP contribution in [0.3, 0.4) is 0 Å². The molecule has 124 valence electrons. The molecule has 0 aliphatic heterocycles. The van der Waals surface area contributed by atoms with Gasteiger partial charge in [-0.25, -0.2) is 10.8 Å². The number of fused-ring (bicyclic) bond motifs is 1. The number of amides is 1. The first kappa shape index (κ1) is 16.7. The topological polar surface area (TPSA) is 90.0 Å². The molecule has 1 amide bonds. The number of thioether (sulfide) groups is 1. The minimum absolute atomic E-state index is 0.0879. The molecule has 3 rings (SSSR count). The van der Waals surface area contributed by atoms with Gasteiger partial charge in [-0.15, -0.1) is 11.3 Å². The van der Waals surface area contributed by atoms with Crippen molar-refractivity contribution in [1.29, 1.82) is 0 Å². The van der Waals surface area contributed by atoms with E-state index in [9.17, 15) is 9.59 Å². The smallest absolute Gasteiger partial charge is 0.267 e. The molecule has 0 radical (unpaired) electrons. The van der Waals surface area contributed by atoms with Crippen molar-refractivity contribution in [2.75, 3.05) is 5.75 Å². The average Bonchev–Trinajstić information content (AvgIpc) is 2.88. The van der Waals surface area contributed by atoms with E-state index in [0.29, 0.717) is 15.4 Å². The minimum atomic E-state index is -0.326. The molecule has 0 bridgehead atoms. The number of thiophene rings is 1. The van der Waals surface area contributed by atoms with E-state index < -0.39 is 0 Å². The van der Waals surface area contributed by atoms with Gasteiger partial charge in [0.2, 0.25) is 5.91 Å². The zero-order chi connectivity index (χ0) is 17.3. The summed E-state index contributed by atoms with van der Waals surface area (Å²) >= 11 is 2.67. The first-order valence-corrected chi connectivity index (χ1v) is 9.03. The SMILES string of the molecule is Cc1sc2nc(SCC(=O)NN)n(-c3ccccc3)c(=O)c2c1C. The Bertz CT molecular complexity index is 964. The number of aromatic nitrogens is 2. The van der Waals surface area contributed by atoms with E-state index >= 15 is 0 Å². The lowest BCUT2D eigenvalue weighted by Gasteiger charge is -2.11. The molecule has 0 spiro atoms. The highest BCUT2D eigenvalue weighted by molar-refractivity contribution is 7.99. The largest absolute Gasteiger partial charge is 0.294 e. The van der Waals surface area contributed by atoms with Crippen molar-refractivity contribution < 1.29 is 4.79 Å². The van der Waals surface area contributed by atoms with E-state index in [2.05, 4.69) is 10.4 Å². The molecule has 0 unspecified atom stereocenters. The summed E-state index contributed by atoms with van der Waals surface area (Å²) in [5.41, 5.74) is 3.64. The Kier molecular flexibility index (Phi) is 4.70. The molecule has 24 heavy (non-hydrogen) atoms. The van der Waals surface area contributed by atoms with Crippen molar-refractivity contribution in [3.63, 3.8) is 0 Å². The van der Waals surface area contributed by atoms with Gasteiger partial charge in [0, 0.05) is 4.88 Å². The molecule has 3 aromatic rings. The van der Waals surface area contributed by atoms with Gasteiger partial charge in [-0.3, -0.25) is 19.6 Å². The van der Waals surface area contributed by atoms with Crippen molar-refractivity contribution in [2.45, 2.75) is 19.0 Å². The van der Waals surface area contributed by atoms with E-state index in [1.165, 1.54) is 23.1 Å². The van der Waals surface area contributed by atoms with Crippen LogP contribution in [0.1, 0.15) is 10.4 Å². The lowest BCUT2D eigenvalue weighted by Crippen LogP contribution is -2.32. The molecule has 0 fully saturated rings. The van der Waals surface area contributed by atoms with Crippen LogP contribution in [0.15, 0.2) is 40.3 Å². The third-order valence-electron chi connectivity index (χ3n) is 3.68. The number of para-hydroxylation sites is 1. The second kappa shape index (κ2) is 6.76. The summed E-state index contributed by atoms with van der Waals surface area (Å²) in [5, 5.41) is 1.11. The Balaban J connectivity index is 2.24. The van der Waals surface area contributed by atoms with Crippen LogP contribution in [0.5, 0.6) is 0 Å². The molecular formula is C16H16N4O2S2. The number of aryl methyl sites for hydroxylation is 2. The summed E-state index contributed by atoms with van der Waals surface area (Å²) in [6, 6.07) is 9.29. The molecule has 8 heteroatoms. The van der Waals surface area contributed by atoms with Gasteiger partial charge in [0.15, 0.2) is 5.16 Å². The fraction of sp³-hybridized carbons (Fsp3) is 0.188. The van der Waals surface area contributed by atoms with Gasteiger partial charge in [-0.05, 0) is 31.5 Å². The van der Waals surface area contributed by atoms with E-state index in [1.54, 1.807) is 4.57 Å². The third-order valence-corrected chi connectivity index (χ3v) is 5.72. The van der Waals surface area contributed by atoms with E-state index in [1.807, 2.05) is 44.2 Å². The minimum Gasteiger partial charge on any atom is -0.294 e. The summed E-state index contributed by atoms with van der Waals surface area (Å²) < 4.78 is 1.55. The molecule has 6 nitrogen and oxygen atoms in total. The van der Waals surface area contributed by atoms with Crippen LogP contribution in [0.25, 0.3) is 15.9 Å². The summed E-state index contributed by atoms with van der Waals surface area (Å²) in [6.45, 7) is 3.91. The van der Waals surface area contributed by atoms with E-state index in [0.717, 1.165) is 16.1 Å². The molecule has 0 saturated heterocycles. The third kappa shape index (κ3) is 2.95. The first-order valence-electron chi connectivity index (χ1n) is 7.23. The number of nitrogens with two attached hydrogens (primary N) is 1. The monoisotopic (exact) mass is 360 g/mol. The van der Waals surface area contributed by atoms with Crippen LogP contribution < -0.4 is 16.8 Å². The lowest BCUT2D eigenvalue weighted by atomic mass is 10.2. The Morgan fingerprint density at radius 2 is 2.04 bits per heavy atom. The number of nitrogens with one attached hydrogen (secondary N) is 1. The molecule has 0 atom stereocenters. The van der Waals surface area contributed by atoms with Gasteiger partial charge < -0.3 is 0 Å². The number of hydrazine groups is 1. The molecular weight excluding hydrogens is 344 g/mol. The summed E-state index contributed by atoms with van der Waals surface area (Å²) in [4.78, 5) is 30.9. The lowest BCUT2D eigenvalue weighted by molar-refractivity contribution is -0.118. The molecule has 3 N–H and O–H groups in total. The predicted molar refractivity (Wildman–Crippen MR) is 97.7 cm³/mol. The second-order valence-electron chi connectivity index (χ2n) is 5.19. The Hall–Kier alpha value is -2.16. The number of rotatable bonds is 4. The summed E-state index contributed by atoms with van der Waals surface area (Å²) in [5.74, 6) is 4.89. The normalized spacial score (nSPS) is 11.0. The van der Waals surface area contributed by atoms with Crippen molar-refractivity contribution >= 4 is 39.2 Å². The van der Waals surface area contributed by atoms with Crippen LogP contribution in [0.2, 0.25) is 0 Å². The molecule has 2 aromatic heterocycles. The molecule has 0 aliphatic carbocycles. The zero-order valence-electron chi connectivity index (χ0n) is 13.2. The number of benzene rings is 1. The fourth-order valence-electron chi connectivity index (χ4n) is 2.35. The van der Waals surface area contributed by atoms with Gasteiger partial charge in [0.25, 0.3) is 5.56 Å². The molecule has 1 aromatic carbocycles. The summed E-state index contributed by atoms with van der Waals surface area (Å²) in [6.07, 6.45) is 0. The highest BCUT2D eigenvalue weighted by atomic mass is 32.2. The average molecular weight is 360 g/mol. The van der Waals surface area contributed by atoms with Crippen LogP contribution in [0, 0.1) is 13.8 Å². The Morgan fingerprint density at radius 1 is 1.33 bits per heavy atom. The summed E-state index contributed by atoms with van der Waals surface area (Å²) in [7, 11) is 0. The molecule has 0 aliphatic rings. The maximum absolute atomic E-state index is 13.1. The maximum atomic E-state index is 13.1. The molecule has 2 heterocycles. The fourth-order valence-corrected chi connectivity index (χ4v) is 4.24. The highest BCUT2D eigenvalue weighted by Gasteiger charge is 2.18. The zero-order valence-corrected chi connectivity index (χ0v) is 14.8. The Labute approximate surface area is 146 Å². The number of carbonyl (C=O) groups is 1. The van der Waals surface area contributed by atoms with Crippen molar-refractivity contribution in [1.82, 2.24) is 15.0 Å². The van der Waals surface area contributed by atoms with Crippen LogP contribution >= 0.6 is 23.1 Å². The standard InChI is InChI=1S/C16H16N4O2S2/c1-9-10(2)24-14-13(9)15(22)20(11-6-4-3-5-7-11)16(18-14)23-8-12(21)19-17/h3-7H,8,17H2,1-2H3,(H,19,21). The first-order chi connectivity index (χ1) is 11.5. The van der Waals surface area contributed by atoms with Crippen LogP contribution in [-0.4, -0.2) is 21.2 Å². The maximum Gasteiger partial charge on any atom is 0.267 e. The van der Waals surface area contributed by atoms with Crippen molar-refractivity contribution in [3.8, 4) is 5.69 Å². The number of hydrogen-bond acceptors (Lipinski definition) is 6. The van der Waals surface area contributed by atoms with Gasteiger partial charge in [-0.1, -0.05) is 30.0 Å². The van der Waals surface area contributed by atoms with Gasteiger partial charge in [0.1, 0.15) is 4.83 Å². The molecule has 0 saturated carbocycles. The van der Waals surface area contributed by atoms with Crippen LogP contribution in [-0.2, 0) is 4.79 Å². The van der Waals surface area contributed by atoms with E-state index in [-0.39, 0.29) is 17.2 Å².